The zero-order valence-corrected chi connectivity index (χ0v) is 15.9. The predicted molar refractivity (Wildman–Crippen MR) is 103 cm³/mol. The Hall–Kier alpha value is -3.45. The summed E-state index contributed by atoms with van der Waals surface area (Å²) >= 11 is 6.21. The van der Waals surface area contributed by atoms with E-state index in [9.17, 15) is 9.18 Å². The van der Waals surface area contributed by atoms with Crippen molar-refractivity contribution >= 4 is 17.6 Å². The third kappa shape index (κ3) is 3.90. The van der Waals surface area contributed by atoms with Crippen LogP contribution in [-0.4, -0.2) is 16.3 Å². The Bertz CT molecular complexity index is 1170. The van der Waals surface area contributed by atoms with E-state index < -0.39 is 5.97 Å². The molecule has 6 nitrogen and oxygen atoms in total. The molecule has 0 aliphatic carbocycles. The molecule has 146 valence electrons. The highest BCUT2D eigenvalue weighted by molar-refractivity contribution is 6.33. The van der Waals surface area contributed by atoms with Gasteiger partial charge in [0.15, 0.2) is 5.76 Å². The standard InChI is InChI=1S/C21H14ClFN2O4/c1-12-19(20(25-28-12)16-4-2-3-5-17(16)22)21(26)27-11-15-10-18(29-24-15)13-6-8-14(23)9-7-13/h2-10H,11H2,1H3. The van der Waals surface area contributed by atoms with Crippen LogP contribution in [0.1, 0.15) is 21.8 Å². The van der Waals surface area contributed by atoms with Crippen LogP contribution in [0.5, 0.6) is 0 Å². The van der Waals surface area contributed by atoms with Crippen LogP contribution in [-0.2, 0) is 11.3 Å². The number of benzene rings is 2. The maximum atomic E-state index is 13.0. The molecule has 0 atom stereocenters. The van der Waals surface area contributed by atoms with Crippen LogP contribution in [0, 0.1) is 12.7 Å². The Balaban J connectivity index is 1.51. The highest BCUT2D eigenvalue weighted by atomic mass is 35.5. The van der Waals surface area contributed by atoms with Crippen LogP contribution in [0.2, 0.25) is 5.02 Å². The SMILES string of the molecule is Cc1onc(-c2ccccc2Cl)c1C(=O)OCc1cc(-c2ccc(F)cc2)on1. The van der Waals surface area contributed by atoms with Crippen molar-refractivity contribution in [1.82, 2.24) is 10.3 Å². The van der Waals surface area contributed by atoms with Gasteiger partial charge in [0.05, 0.1) is 5.02 Å². The third-order valence-electron chi connectivity index (χ3n) is 4.23. The summed E-state index contributed by atoms with van der Waals surface area (Å²) < 4.78 is 28.8. The second-order valence-corrected chi connectivity index (χ2v) is 6.61. The number of aromatic nitrogens is 2. The molecule has 0 saturated heterocycles. The first-order valence-corrected chi connectivity index (χ1v) is 9.00. The number of esters is 1. The lowest BCUT2D eigenvalue weighted by molar-refractivity contribution is 0.0463. The number of carbonyl (C=O) groups excluding carboxylic acids is 1. The van der Waals surface area contributed by atoms with E-state index >= 15 is 0 Å². The molecular formula is C21H14ClFN2O4. The number of halogens is 2. The van der Waals surface area contributed by atoms with Gasteiger partial charge in [-0.2, -0.15) is 0 Å². The summed E-state index contributed by atoms with van der Waals surface area (Å²) in [4.78, 5) is 12.7. The zero-order chi connectivity index (χ0) is 20.4. The van der Waals surface area contributed by atoms with Crippen molar-refractivity contribution in [3.63, 3.8) is 0 Å². The lowest BCUT2D eigenvalue weighted by Crippen LogP contribution is -2.07. The van der Waals surface area contributed by atoms with E-state index in [4.69, 9.17) is 25.4 Å². The van der Waals surface area contributed by atoms with Gasteiger partial charge in [-0.3, -0.25) is 0 Å². The first-order valence-electron chi connectivity index (χ1n) is 8.63. The minimum Gasteiger partial charge on any atom is -0.455 e. The van der Waals surface area contributed by atoms with Crippen LogP contribution >= 0.6 is 11.6 Å². The summed E-state index contributed by atoms with van der Waals surface area (Å²) in [6, 6.07) is 14.4. The van der Waals surface area contributed by atoms with Crippen LogP contribution in [0.4, 0.5) is 4.39 Å². The van der Waals surface area contributed by atoms with Crippen LogP contribution in [0.25, 0.3) is 22.6 Å². The summed E-state index contributed by atoms with van der Waals surface area (Å²) in [6.07, 6.45) is 0. The third-order valence-corrected chi connectivity index (χ3v) is 4.56. The van der Waals surface area contributed by atoms with Crippen LogP contribution in [0.3, 0.4) is 0 Å². The highest BCUT2D eigenvalue weighted by Crippen LogP contribution is 2.31. The molecule has 0 unspecified atom stereocenters. The fraction of sp³-hybridized carbons (Fsp3) is 0.0952. The average molecular weight is 413 g/mol. The van der Waals surface area contributed by atoms with E-state index in [0.29, 0.717) is 39.1 Å². The summed E-state index contributed by atoms with van der Waals surface area (Å²) in [7, 11) is 0. The first kappa shape index (κ1) is 18.9. The van der Waals surface area contributed by atoms with Gasteiger partial charge in [-0.15, -0.1) is 0 Å². The quantitative estimate of drug-likeness (QED) is 0.405. The predicted octanol–water partition coefficient (Wildman–Crippen LogP) is 5.45. The molecule has 8 heteroatoms. The number of hydrogen-bond donors (Lipinski definition) is 0. The molecule has 0 spiro atoms. The molecule has 4 aromatic rings. The Labute approximate surface area is 169 Å². The Morgan fingerprint density at radius 3 is 2.62 bits per heavy atom. The molecule has 0 aliphatic heterocycles. The zero-order valence-electron chi connectivity index (χ0n) is 15.2. The van der Waals surface area contributed by atoms with Gasteiger partial charge in [0.25, 0.3) is 0 Å². The van der Waals surface area contributed by atoms with Gasteiger partial charge in [0.2, 0.25) is 0 Å². The van der Waals surface area contributed by atoms with E-state index in [1.54, 1.807) is 49.4 Å². The van der Waals surface area contributed by atoms with Crippen molar-refractivity contribution in [2.24, 2.45) is 0 Å². The van der Waals surface area contributed by atoms with Crippen LogP contribution in [0.15, 0.2) is 63.6 Å². The van der Waals surface area contributed by atoms with E-state index in [1.807, 2.05) is 0 Å². The number of carbonyl (C=O) groups is 1. The number of ether oxygens (including phenoxy) is 1. The van der Waals surface area contributed by atoms with Crippen LogP contribution < -0.4 is 0 Å². The molecule has 2 aromatic carbocycles. The molecule has 2 heterocycles. The van der Waals surface area contributed by atoms with E-state index in [1.165, 1.54) is 12.1 Å². The smallest absolute Gasteiger partial charge is 0.344 e. The van der Waals surface area contributed by atoms with Crippen molar-refractivity contribution in [2.75, 3.05) is 0 Å². The topological polar surface area (TPSA) is 78.4 Å². The maximum absolute atomic E-state index is 13.0. The molecule has 0 N–H and O–H groups in total. The fourth-order valence-corrected chi connectivity index (χ4v) is 3.02. The number of nitrogens with zero attached hydrogens (tertiary/aromatic N) is 2. The average Bonchev–Trinajstić information content (AvgIpc) is 3.34. The van der Waals surface area contributed by atoms with E-state index in [2.05, 4.69) is 10.3 Å². The van der Waals surface area contributed by atoms with Crippen molar-refractivity contribution < 1.29 is 23.0 Å². The molecule has 0 fully saturated rings. The van der Waals surface area contributed by atoms with Crippen molar-refractivity contribution in [3.05, 3.63) is 82.5 Å². The lowest BCUT2D eigenvalue weighted by atomic mass is 10.1. The van der Waals surface area contributed by atoms with Crippen molar-refractivity contribution in [2.45, 2.75) is 13.5 Å². The summed E-state index contributed by atoms with van der Waals surface area (Å²) in [5.41, 5.74) is 2.14. The van der Waals surface area contributed by atoms with Gasteiger partial charge in [-0.05, 0) is 37.3 Å². The first-order chi connectivity index (χ1) is 14.0. The molecule has 4 rings (SSSR count). The van der Waals surface area contributed by atoms with Gasteiger partial charge >= 0.3 is 5.97 Å². The maximum Gasteiger partial charge on any atom is 0.344 e. The minimum atomic E-state index is -0.620. The number of hydrogen-bond acceptors (Lipinski definition) is 6. The summed E-state index contributed by atoms with van der Waals surface area (Å²) in [6.45, 7) is 1.50. The largest absolute Gasteiger partial charge is 0.455 e. The van der Waals surface area contributed by atoms with Gasteiger partial charge in [0, 0.05) is 17.2 Å². The second-order valence-electron chi connectivity index (χ2n) is 6.21. The molecule has 0 bridgehead atoms. The number of rotatable bonds is 5. The van der Waals surface area contributed by atoms with Crippen molar-refractivity contribution in [1.29, 1.82) is 0 Å². The summed E-state index contributed by atoms with van der Waals surface area (Å²) in [5.74, 6) is -0.211. The second kappa shape index (κ2) is 7.89. The molecule has 0 aliphatic rings. The van der Waals surface area contributed by atoms with Gasteiger partial charge in [0.1, 0.15) is 35.1 Å². The van der Waals surface area contributed by atoms with Gasteiger partial charge in [-0.1, -0.05) is 40.1 Å². The van der Waals surface area contributed by atoms with Crippen molar-refractivity contribution in [3.8, 4) is 22.6 Å². The molecule has 0 radical (unpaired) electrons. The van der Waals surface area contributed by atoms with Gasteiger partial charge in [-0.25, -0.2) is 9.18 Å². The lowest BCUT2D eigenvalue weighted by Gasteiger charge is -2.04. The van der Waals surface area contributed by atoms with Gasteiger partial charge < -0.3 is 13.8 Å². The molecule has 2 aromatic heterocycles. The Morgan fingerprint density at radius 1 is 1.10 bits per heavy atom. The normalized spacial score (nSPS) is 10.9. The Kier molecular flexibility index (Phi) is 5.14. The van der Waals surface area contributed by atoms with E-state index in [0.717, 1.165) is 0 Å². The monoisotopic (exact) mass is 412 g/mol. The number of aryl methyl sites for hydroxylation is 1. The Morgan fingerprint density at radius 2 is 1.86 bits per heavy atom. The molecular weight excluding hydrogens is 399 g/mol. The molecule has 0 saturated carbocycles. The summed E-state index contributed by atoms with van der Waals surface area (Å²) in [5, 5.41) is 8.27. The van der Waals surface area contributed by atoms with E-state index in [-0.39, 0.29) is 18.0 Å². The molecule has 29 heavy (non-hydrogen) atoms. The fourth-order valence-electron chi connectivity index (χ4n) is 2.79. The highest BCUT2D eigenvalue weighted by Gasteiger charge is 2.24. The minimum absolute atomic E-state index is 0.115. The molecule has 0 amide bonds.